The van der Waals surface area contributed by atoms with E-state index in [0.717, 1.165) is 22.6 Å². The Morgan fingerprint density at radius 1 is 0.968 bits per heavy atom. The maximum atomic E-state index is 12.9. The minimum atomic E-state index is -6.09. The smallest absolute Gasteiger partial charge is 0.485 e. The van der Waals surface area contributed by atoms with E-state index in [-0.39, 0.29) is 0 Å². The summed E-state index contributed by atoms with van der Waals surface area (Å²) >= 11 is 0. The van der Waals surface area contributed by atoms with Crippen LogP contribution in [0.25, 0.3) is 22.0 Å². The fourth-order valence-corrected chi connectivity index (χ4v) is 2.66. The number of methoxy groups -OCH3 is 1. The van der Waals surface area contributed by atoms with Crippen molar-refractivity contribution in [2.45, 2.75) is 11.7 Å². The van der Waals surface area contributed by atoms with Crippen molar-refractivity contribution in [1.29, 1.82) is 0 Å². The summed E-state index contributed by atoms with van der Waals surface area (Å²) in [6, 6.07) is 12.8. The number of hydrogen-bond acceptors (Lipinski definition) is 4. The first-order valence-corrected chi connectivity index (χ1v) is 9.72. The normalized spacial score (nSPS) is 12.3. The van der Waals surface area contributed by atoms with E-state index in [0.29, 0.717) is 11.3 Å². The van der Waals surface area contributed by atoms with E-state index in [2.05, 4.69) is 0 Å². The van der Waals surface area contributed by atoms with Crippen LogP contribution in [0.15, 0.2) is 54.7 Å². The minimum Gasteiger partial charge on any atom is -0.741 e. The van der Waals surface area contributed by atoms with Crippen molar-refractivity contribution in [1.82, 2.24) is 0 Å². The number of halogens is 6. The molecule has 168 valence electrons. The first-order valence-electron chi connectivity index (χ1n) is 8.31. The molecule has 0 fully saturated rings. The van der Waals surface area contributed by atoms with Crippen molar-refractivity contribution < 1.29 is 48.6 Å². The van der Waals surface area contributed by atoms with Gasteiger partial charge in [-0.15, -0.1) is 0 Å². The fourth-order valence-electron chi connectivity index (χ4n) is 2.66. The van der Waals surface area contributed by atoms with Gasteiger partial charge in [0.15, 0.2) is 16.3 Å². The Morgan fingerprint density at radius 2 is 1.55 bits per heavy atom. The topological polar surface area (TPSA) is 70.3 Å². The van der Waals surface area contributed by atoms with Crippen LogP contribution in [-0.4, -0.2) is 25.6 Å². The van der Waals surface area contributed by atoms with Crippen molar-refractivity contribution >= 4 is 20.9 Å². The Balaban J connectivity index is 0.000000366. The van der Waals surface area contributed by atoms with Crippen LogP contribution in [0, 0.1) is 0 Å². The van der Waals surface area contributed by atoms with Gasteiger partial charge in [-0.25, -0.2) is 13.0 Å². The van der Waals surface area contributed by atoms with Crippen LogP contribution in [0.3, 0.4) is 0 Å². The minimum absolute atomic E-state index is 0.520. The zero-order valence-corrected chi connectivity index (χ0v) is 16.8. The molecule has 0 N–H and O–H groups in total. The number of aryl methyl sites for hydroxylation is 1. The Bertz CT molecular complexity index is 1190. The highest BCUT2D eigenvalue weighted by atomic mass is 32.2. The molecular formula is C19H15F6NO4S. The van der Waals surface area contributed by atoms with Crippen LogP contribution in [0.4, 0.5) is 26.3 Å². The van der Waals surface area contributed by atoms with E-state index in [1.807, 2.05) is 37.5 Å². The third-order valence-electron chi connectivity index (χ3n) is 4.08. The number of benzene rings is 2. The Hall–Kier alpha value is -2.86. The van der Waals surface area contributed by atoms with Gasteiger partial charge in [0, 0.05) is 11.6 Å². The largest absolute Gasteiger partial charge is 0.741 e. The molecule has 0 atom stereocenters. The van der Waals surface area contributed by atoms with Gasteiger partial charge in [0.2, 0.25) is 5.69 Å². The molecule has 1 heterocycles. The molecule has 5 nitrogen and oxygen atoms in total. The summed E-state index contributed by atoms with van der Waals surface area (Å²) in [5, 5.41) is 1.82. The third kappa shape index (κ3) is 5.85. The number of aromatic nitrogens is 1. The Labute approximate surface area is 173 Å². The molecule has 0 saturated carbocycles. The van der Waals surface area contributed by atoms with Crippen LogP contribution in [0.5, 0.6) is 5.75 Å². The molecule has 0 aliphatic rings. The average molecular weight is 467 g/mol. The van der Waals surface area contributed by atoms with Gasteiger partial charge in [-0.2, -0.15) is 26.3 Å². The van der Waals surface area contributed by atoms with Gasteiger partial charge < -0.3 is 9.29 Å². The third-order valence-corrected chi connectivity index (χ3v) is 4.65. The number of alkyl halides is 6. The summed E-state index contributed by atoms with van der Waals surface area (Å²) in [6.07, 6.45) is -2.49. The zero-order chi connectivity index (χ0) is 23.6. The molecule has 0 bridgehead atoms. The number of ether oxygens (including phenoxy) is 1. The van der Waals surface area contributed by atoms with E-state index >= 15 is 0 Å². The standard InChI is InChI=1S/C18H15F3NO.CHF3O3S/c1-22-11-15-12(5-4-8-17(15)23-2)10-16(22)13-6-3-7-14(9-13)18(19,20)21;2-1(3,4)8(5,6)7/h3-11H,1-2H3;(H,5,6,7)/q+1;/p-1. The van der Waals surface area contributed by atoms with Crippen LogP contribution >= 0.6 is 0 Å². The van der Waals surface area contributed by atoms with Gasteiger partial charge in [-0.1, -0.05) is 18.2 Å². The maximum Gasteiger partial charge on any atom is 0.485 e. The van der Waals surface area contributed by atoms with E-state index in [1.165, 1.54) is 12.1 Å². The van der Waals surface area contributed by atoms with Crippen molar-refractivity contribution in [3.63, 3.8) is 0 Å². The monoisotopic (exact) mass is 467 g/mol. The van der Waals surface area contributed by atoms with Gasteiger partial charge in [0.25, 0.3) is 0 Å². The highest BCUT2D eigenvalue weighted by Crippen LogP contribution is 2.32. The van der Waals surface area contributed by atoms with Gasteiger partial charge >= 0.3 is 11.7 Å². The lowest BCUT2D eigenvalue weighted by Gasteiger charge is -2.09. The number of pyridine rings is 1. The molecule has 0 unspecified atom stereocenters. The van der Waals surface area contributed by atoms with E-state index < -0.39 is 27.4 Å². The lowest BCUT2D eigenvalue weighted by atomic mass is 10.0. The molecule has 0 amide bonds. The van der Waals surface area contributed by atoms with Gasteiger partial charge in [-0.3, -0.25) is 0 Å². The Kier molecular flexibility index (Phi) is 6.86. The second-order valence-corrected chi connectivity index (χ2v) is 7.58. The van der Waals surface area contributed by atoms with Crippen LogP contribution in [0.1, 0.15) is 5.56 Å². The molecule has 0 saturated heterocycles. The molecule has 2 aromatic carbocycles. The van der Waals surface area contributed by atoms with Crippen LogP contribution < -0.4 is 9.30 Å². The van der Waals surface area contributed by atoms with Crippen molar-refractivity contribution in [2.24, 2.45) is 7.05 Å². The summed E-state index contributed by atoms with van der Waals surface area (Å²) in [4.78, 5) is 0. The van der Waals surface area contributed by atoms with Crippen LogP contribution in [-0.2, 0) is 23.3 Å². The van der Waals surface area contributed by atoms with Gasteiger partial charge in [0.1, 0.15) is 12.8 Å². The summed E-state index contributed by atoms with van der Waals surface area (Å²) < 4.78 is 105. The second-order valence-electron chi connectivity index (χ2n) is 6.21. The second kappa shape index (κ2) is 8.71. The maximum absolute atomic E-state index is 12.9. The number of nitrogens with zero attached hydrogens (tertiary/aromatic N) is 1. The predicted molar refractivity (Wildman–Crippen MR) is 97.9 cm³/mol. The van der Waals surface area contributed by atoms with Gasteiger partial charge in [0.05, 0.1) is 18.1 Å². The molecule has 3 rings (SSSR count). The Morgan fingerprint density at radius 3 is 2.06 bits per heavy atom. The summed E-state index contributed by atoms with van der Waals surface area (Å²) in [7, 11) is -2.69. The summed E-state index contributed by atoms with van der Waals surface area (Å²) in [5.74, 6) is 0.730. The molecule has 1 aromatic heterocycles. The zero-order valence-electron chi connectivity index (χ0n) is 16.0. The molecule has 0 aliphatic heterocycles. The first kappa shape index (κ1) is 24.4. The van der Waals surface area contributed by atoms with Crippen molar-refractivity contribution in [3.05, 3.63) is 60.3 Å². The van der Waals surface area contributed by atoms with Crippen molar-refractivity contribution in [3.8, 4) is 17.0 Å². The highest BCUT2D eigenvalue weighted by molar-refractivity contribution is 7.86. The number of hydrogen-bond donors (Lipinski definition) is 0. The lowest BCUT2D eigenvalue weighted by Crippen LogP contribution is -2.30. The summed E-state index contributed by atoms with van der Waals surface area (Å²) in [5.41, 5.74) is -5.07. The molecule has 12 heteroatoms. The first-order chi connectivity index (χ1) is 14.1. The summed E-state index contributed by atoms with van der Waals surface area (Å²) in [6.45, 7) is 0. The predicted octanol–water partition coefficient (Wildman–Crippen LogP) is 4.41. The van der Waals surface area contributed by atoms with Crippen molar-refractivity contribution in [2.75, 3.05) is 7.11 Å². The number of rotatable bonds is 2. The van der Waals surface area contributed by atoms with Gasteiger partial charge in [-0.05, 0) is 29.7 Å². The van der Waals surface area contributed by atoms with Crippen LogP contribution in [0.2, 0.25) is 0 Å². The molecule has 0 spiro atoms. The molecular weight excluding hydrogens is 452 g/mol. The molecule has 0 aliphatic carbocycles. The van der Waals surface area contributed by atoms with E-state index in [4.69, 9.17) is 17.7 Å². The fraction of sp³-hybridized carbons (Fsp3) is 0.211. The van der Waals surface area contributed by atoms with E-state index in [9.17, 15) is 26.3 Å². The lowest BCUT2D eigenvalue weighted by molar-refractivity contribution is -0.659. The van der Waals surface area contributed by atoms with E-state index in [1.54, 1.807) is 17.7 Å². The molecule has 31 heavy (non-hydrogen) atoms. The average Bonchev–Trinajstić information content (AvgIpc) is 2.65. The highest BCUT2D eigenvalue weighted by Gasteiger charge is 2.37. The number of fused-ring (bicyclic) bond motifs is 1. The molecule has 0 radical (unpaired) electrons. The molecule has 3 aromatic rings. The SMILES string of the molecule is COc1cccc2cc(-c3cccc(C(F)(F)F)c3)[n+](C)cc12.O=S(=O)([O-])C(F)(F)F. The quantitative estimate of drug-likeness (QED) is 0.242.